The number of rotatable bonds is 7. The van der Waals surface area contributed by atoms with Crippen LogP contribution in [0.4, 0.5) is 22.0 Å². The molecule has 0 radical (unpaired) electrons. The molecule has 34 heavy (non-hydrogen) atoms. The quantitative estimate of drug-likeness (QED) is 0.466. The molecule has 0 aliphatic rings. The van der Waals surface area contributed by atoms with Gasteiger partial charge >= 0.3 is 12.1 Å². The molecular formula is C22H16F5N3O4. The number of carboxylic acids is 1. The number of amides is 1. The summed E-state index contributed by atoms with van der Waals surface area (Å²) < 4.78 is 72.9. The number of ether oxygens (including phenoxy) is 1. The van der Waals surface area contributed by atoms with E-state index in [9.17, 15) is 31.5 Å². The lowest BCUT2D eigenvalue weighted by Crippen LogP contribution is -2.28. The molecule has 7 nitrogen and oxygen atoms in total. The molecule has 0 saturated heterocycles. The third-order valence-electron chi connectivity index (χ3n) is 4.63. The molecule has 2 N–H and O–H groups in total. The topological polar surface area (TPSA) is 93.5 Å². The Labute approximate surface area is 189 Å². The van der Waals surface area contributed by atoms with Crippen molar-refractivity contribution in [3.05, 3.63) is 76.5 Å². The summed E-state index contributed by atoms with van der Waals surface area (Å²) in [5, 5.41) is 14.6. The van der Waals surface area contributed by atoms with E-state index in [2.05, 4.69) is 22.5 Å². The minimum absolute atomic E-state index is 0.185. The molecule has 1 heterocycles. The van der Waals surface area contributed by atoms with Crippen LogP contribution in [0.1, 0.15) is 56.9 Å². The zero-order valence-corrected chi connectivity index (χ0v) is 17.6. The zero-order chi connectivity index (χ0) is 25.2. The van der Waals surface area contributed by atoms with Gasteiger partial charge in [-0.15, -0.1) is 0 Å². The minimum atomic E-state index is -5.02. The normalized spacial score (nSPS) is 12.2. The summed E-state index contributed by atoms with van der Waals surface area (Å²) in [6.07, 6.45) is -7.87. The molecule has 0 aliphatic heterocycles. The number of aromatic carboxylic acids is 1. The van der Waals surface area contributed by atoms with E-state index < -0.39 is 53.2 Å². The lowest BCUT2D eigenvalue weighted by molar-refractivity contribution is -0.141. The lowest BCUT2D eigenvalue weighted by Gasteiger charge is -2.15. The van der Waals surface area contributed by atoms with Crippen LogP contribution in [0.2, 0.25) is 0 Å². The van der Waals surface area contributed by atoms with Gasteiger partial charge in [0.05, 0.1) is 6.04 Å². The third kappa shape index (κ3) is 5.25. The summed E-state index contributed by atoms with van der Waals surface area (Å²) in [6.45, 7) is 1.44. The van der Waals surface area contributed by atoms with Gasteiger partial charge < -0.3 is 15.2 Å². The molecule has 12 heteroatoms. The van der Waals surface area contributed by atoms with Gasteiger partial charge in [-0.1, -0.05) is 24.3 Å². The Morgan fingerprint density at radius 1 is 1.18 bits per heavy atom. The molecular weight excluding hydrogens is 465 g/mol. The van der Waals surface area contributed by atoms with Crippen LogP contribution < -0.4 is 10.1 Å². The van der Waals surface area contributed by atoms with Crippen molar-refractivity contribution in [2.75, 3.05) is 0 Å². The molecule has 2 aromatic carbocycles. The first kappa shape index (κ1) is 24.5. The minimum Gasteiger partial charge on any atom is -0.477 e. The highest BCUT2D eigenvalue weighted by Gasteiger charge is 2.42. The fourth-order valence-corrected chi connectivity index (χ4v) is 2.97. The molecule has 3 aromatic rings. The number of carbonyl (C=O) groups is 2. The molecule has 3 rings (SSSR count). The third-order valence-corrected chi connectivity index (χ3v) is 4.63. The maximum atomic E-state index is 13.6. The standard InChI is InChI=1S/C22H16F5N3O4/c1-11(12-6-8-13(9-7-12)21(32)33)28-19(31)16-17(22(25,26)27)29-30(2)20(16)34-15-5-3-4-14(10-15)18(23)24/h3-6,8,10-11,18H,1-2H3,(H,28,31)(H,32,33)/t11-/m0/s1. The molecule has 0 bridgehead atoms. The largest absolute Gasteiger partial charge is 0.477 e. The van der Waals surface area contributed by atoms with Gasteiger partial charge in [-0.2, -0.15) is 18.3 Å². The number of aromatic nitrogens is 2. The zero-order valence-electron chi connectivity index (χ0n) is 17.6. The number of nitrogens with one attached hydrogen (secondary N) is 1. The smallest absolute Gasteiger partial charge is 0.436 e. The van der Waals surface area contributed by atoms with Crippen LogP contribution in [-0.4, -0.2) is 26.8 Å². The van der Waals surface area contributed by atoms with Crippen LogP contribution in [0.5, 0.6) is 11.6 Å². The van der Waals surface area contributed by atoms with Crippen molar-refractivity contribution in [3.8, 4) is 11.6 Å². The van der Waals surface area contributed by atoms with Crippen LogP contribution in [0, 0.1) is 12.1 Å². The molecule has 0 saturated carbocycles. The van der Waals surface area contributed by atoms with Gasteiger partial charge in [0.1, 0.15) is 16.9 Å². The summed E-state index contributed by atoms with van der Waals surface area (Å²) in [5.74, 6) is -3.28. The Kier molecular flexibility index (Phi) is 6.76. The van der Waals surface area contributed by atoms with Crippen LogP contribution in [0.15, 0.2) is 36.4 Å². The Bertz CT molecular complexity index is 1210. The highest BCUT2D eigenvalue weighted by molar-refractivity contribution is 5.98. The van der Waals surface area contributed by atoms with Crippen LogP contribution in [0.25, 0.3) is 0 Å². The number of aryl methyl sites for hydroxylation is 1. The van der Waals surface area contributed by atoms with Crippen molar-refractivity contribution < 1.29 is 41.4 Å². The average Bonchev–Trinajstić information content (AvgIpc) is 3.10. The number of carbonyl (C=O) groups excluding carboxylic acids is 1. The number of nitrogens with zero attached hydrogens (tertiary/aromatic N) is 2. The van der Waals surface area contributed by atoms with E-state index in [0.29, 0.717) is 4.68 Å². The SMILES string of the molecule is C[C@H](NC(=O)c1c(C(F)(F)F)nn(C)c1Oc1cccc(C(F)F)c1)c1c#cc(C(=O)O)cc1. The second-order valence-corrected chi connectivity index (χ2v) is 7.08. The molecule has 1 atom stereocenters. The van der Waals surface area contributed by atoms with Crippen molar-refractivity contribution in [2.24, 2.45) is 7.05 Å². The predicted molar refractivity (Wildman–Crippen MR) is 107 cm³/mol. The molecule has 1 amide bonds. The number of halogens is 5. The van der Waals surface area contributed by atoms with E-state index in [1.165, 1.54) is 31.2 Å². The van der Waals surface area contributed by atoms with Crippen LogP contribution in [0.3, 0.4) is 0 Å². The van der Waals surface area contributed by atoms with E-state index in [0.717, 1.165) is 19.2 Å². The van der Waals surface area contributed by atoms with Gasteiger partial charge in [-0.05, 0) is 31.2 Å². The second kappa shape index (κ2) is 9.38. The number of benzene rings is 1. The number of alkyl halides is 5. The molecule has 0 aliphatic carbocycles. The van der Waals surface area contributed by atoms with Crippen molar-refractivity contribution in [3.63, 3.8) is 0 Å². The van der Waals surface area contributed by atoms with Gasteiger partial charge in [0.15, 0.2) is 5.69 Å². The van der Waals surface area contributed by atoms with Crippen LogP contribution >= 0.6 is 0 Å². The van der Waals surface area contributed by atoms with E-state index in [1.54, 1.807) is 0 Å². The summed E-state index contributed by atoms with van der Waals surface area (Å²) >= 11 is 0. The molecule has 0 spiro atoms. The van der Waals surface area contributed by atoms with Crippen molar-refractivity contribution in [1.82, 2.24) is 15.1 Å². The first-order valence-electron chi connectivity index (χ1n) is 9.56. The lowest BCUT2D eigenvalue weighted by atomic mass is 10.1. The maximum absolute atomic E-state index is 13.6. The maximum Gasteiger partial charge on any atom is 0.436 e. The molecule has 1 aromatic heterocycles. The predicted octanol–water partition coefficient (Wildman–Crippen LogP) is 4.96. The summed E-state index contributed by atoms with van der Waals surface area (Å²) in [7, 11) is 1.11. The van der Waals surface area contributed by atoms with Gasteiger partial charge in [-0.25, -0.2) is 18.3 Å². The first-order chi connectivity index (χ1) is 15.9. The van der Waals surface area contributed by atoms with Gasteiger partial charge in [0, 0.05) is 18.2 Å². The monoisotopic (exact) mass is 481 g/mol. The average molecular weight is 481 g/mol. The Morgan fingerprint density at radius 3 is 2.44 bits per heavy atom. The Morgan fingerprint density at radius 2 is 1.88 bits per heavy atom. The van der Waals surface area contributed by atoms with E-state index in [1.807, 2.05) is 0 Å². The number of carboxylic acid groups (broad SMARTS) is 1. The number of hydrogen-bond acceptors (Lipinski definition) is 4. The van der Waals surface area contributed by atoms with E-state index >= 15 is 0 Å². The highest BCUT2D eigenvalue weighted by Crippen LogP contribution is 2.37. The van der Waals surface area contributed by atoms with Gasteiger partial charge in [-0.3, -0.25) is 4.79 Å². The summed E-state index contributed by atoms with van der Waals surface area (Å²) in [4.78, 5) is 23.8. The van der Waals surface area contributed by atoms with Gasteiger partial charge in [0.25, 0.3) is 12.3 Å². The second-order valence-electron chi connectivity index (χ2n) is 7.08. The van der Waals surface area contributed by atoms with E-state index in [-0.39, 0.29) is 16.9 Å². The number of hydrogen-bond donors (Lipinski definition) is 2. The van der Waals surface area contributed by atoms with Crippen molar-refractivity contribution >= 4 is 11.9 Å². The fourth-order valence-electron chi connectivity index (χ4n) is 2.97. The summed E-state index contributed by atoms with van der Waals surface area (Å²) in [6, 6.07) is 11.0. The Hall–Kier alpha value is -4.14. The molecule has 0 fully saturated rings. The molecule has 178 valence electrons. The first-order valence-corrected chi connectivity index (χ1v) is 9.56. The summed E-state index contributed by atoms with van der Waals surface area (Å²) in [5.41, 5.74) is -2.84. The molecule has 0 unspecified atom stereocenters. The fraction of sp³-hybridized carbons (Fsp3) is 0.227. The highest BCUT2D eigenvalue weighted by atomic mass is 19.4. The van der Waals surface area contributed by atoms with Crippen molar-refractivity contribution in [2.45, 2.75) is 25.6 Å². The van der Waals surface area contributed by atoms with Crippen LogP contribution in [-0.2, 0) is 13.2 Å². The van der Waals surface area contributed by atoms with Gasteiger partial charge in [0.2, 0.25) is 5.88 Å². The van der Waals surface area contributed by atoms with E-state index in [4.69, 9.17) is 9.84 Å². The Balaban J connectivity index is 1.96. The van der Waals surface area contributed by atoms with Crippen molar-refractivity contribution in [1.29, 1.82) is 0 Å².